The number of imide groups is 2. The number of hydrogen-bond donors (Lipinski definition) is 0. The first-order valence-corrected chi connectivity index (χ1v) is 13.8. The predicted molar refractivity (Wildman–Crippen MR) is 127 cm³/mol. The summed E-state index contributed by atoms with van der Waals surface area (Å²) in [6.07, 6.45) is 5.31. The molecule has 7 nitrogen and oxygen atoms in total. The number of amides is 4. The Morgan fingerprint density at radius 3 is 1.77 bits per heavy atom. The van der Waals surface area contributed by atoms with Crippen molar-refractivity contribution in [2.45, 2.75) is 78.1 Å². The number of fused-ring (bicyclic) bond motifs is 12. The summed E-state index contributed by atoms with van der Waals surface area (Å²) < 4.78 is 0. The predicted octanol–water partition coefficient (Wildman–Crippen LogP) is 2.19. The molecule has 4 bridgehead atoms. The molecule has 5 saturated carbocycles. The van der Waals surface area contributed by atoms with Crippen LogP contribution >= 0.6 is 0 Å². The van der Waals surface area contributed by atoms with Crippen molar-refractivity contribution in [2.75, 3.05) is 0 Å². The second-order valence-electron chi connectivity index (χ2n) is 13.5. The number of rotatable bonds is 3. The third kappa shape index (κ3) is 2.22. The van der Waals surface area contributed by atoms with Gasteiger partial charge in [-0.3, -0.25) is 28.9 Å². The van der Waals surface area contributed by atoms with Crippen LogP contribution in [0, 0.1) is 58.2 Å². The molecule has 8 heteroatoms. The molecule has 0 aromatic heterocycles. The minimum Gasteiger partial charge on any atom is -0.333 e. The molecule has 5 aliphatic carbocycles. The highest BCUT2D eigenvalue weighted by Gasteiger charge is 2.78. The van der Waals surface area contributed by atoms with Gasteiger partial charge in [0.1, 0.15) is 5.78 Å². The number of nitrogens with zero attached hydrogens (tertiary/aromatic N) is 2. The molecule has 2 spiro atoms. The van der Waals surface area contributed by atoms with Crippen molar-refractivity contribution >= 4 is 36.8 Å². The van der Waals surface area contributed by atoms with Gasteiger partial charge in [0.15, 0.2) is 0 Å². The van der Waals surface area contributed by atoms with Crippen LogP contribution in [0.5, 0.6) is 0 Å². The highest BCUT2D eigenvalue weighted by atomic mass is 16.2. The van der Waals surface area contributed by atoms with Crippen molar-refractivity contribution in [1.82, 2.24) is 9.71 Å². The molecule has 2 saturated heterocycles. The maximum Gasteiger partial charge on any atom is 0.246 e. The zero-order valence-corrected chi connectivity index (χ0v) is 21.2. The van der Waals surface area contributed by atoms with Gasteiger partial charge in [-0.05, 0) is 82.5 Å². The second kappa shape index (κ2) is 6.47. The lowest BCUT2D eigenvalue weighted by atomic mass is 9.58. The molecule has 5 unspecified atom stereocenters. The number of carbonyl (C=O) groups excluding carboxylic acids is 5. The Kier molecular flexibility index (Phi) is 4.11. The monoisotopic (exact) mass is 478 g/mol. The van der Waals surface area contributed by atoms with Gasteiger partial charge in [0, 0.05) is 16.4 Å². The Morgan fingerprint density at radius 1 is 0.800 bits per heavy atom. The fraction of sp³-hybridized carbons (Fsp3) is 0.815. The van der Waals surface area contributed by atoms with E-state index < -0.39 is 16.4 Å². The van der Waals surface area contributed by atoms with E-state index in [0.29, 0.717) is 13.8 Å². The van der Waals surface area contributed by atoms with E-state index in [9.17, 15) is 24.0 Å². The minimum atomic E-state index is -0.524. The summed E-state index contributed by atoms with van der Waals surface area (Å²) in [6.45, 7) is 7.77. The van der Waals surface area contributed by atoms with Gasteiger partial charge < -0.3 is 4.81 Å². The number of likely N-dealkylation sites (tertiary alicyclic amines) is 1. The fourth-order valence-corrected chi connectivity index (χ4v) is 10.7. The second-order valence-corrected chi connectivity index (χ2v) is 13.5. The van der Waals surface area contributed by atoms with Crippen LogP contribution in [0.4, 0.5) is 0 Å². The van der Waals surface area contributed by atoms with Gasteiger partial charge in [-0.2, -0.15) is 0 Å². The van der Waals surface area contributed by atoms with E-state index in [-0.39, 0.29) is 76.8 Å². The number of ketones is 1. The summed E-state index contributed by atoms with van der Waals surface area (Å²) >= 11 is 0. The van der Waals surface area contributed by atoms with Crippen LogP contribution in [-0.2, 0) is 24.0 Å². The number of Topliss-reactive ketones (excluding diaryl/α,β-unsaturated/α-hetero) is 1. The molecule has 2 aliphatic heterocycles. The Labute approximate surface area is 207 Å². The van der Waals surface area contributed by atoms with Gasteiger partial charge in [0.25, 0.3) is 0 Å². The first-order chi connectivity index (χ1) is 16.5. The largest absolute Gasteiger partial charge is 0.333 e. The standard InChI is InChI=1S/C27H35BN2O5/c1-5-25(2,3)29-20(31)16-12-8-14(18(16)21(29)32)26(10-12)6-7-27(24(26)35)11-13-9-15(27)19-17(13)22(33)30(28-4)23(19)34/h12-19,28H,5-11H2,1-4H3/t12-,13?,14-,15-,16?,17?,18?,19?,26-,27-/m1/s1. The Bertz CT molecular complexity index is 1120. The highest BCUT2D eigenvalue weighted by Crippen LogP contribution is 2.75. The quantitative estimate of drug-likeness (QED) is 0.458. The van der Waals surface area contributed by atoms with Crippen LogP contribution in [0.3, 0.4) is 0 Å². The molecule has 0 N–H and O–H groups in total. The summed E-state index contributed by atoms with van der Waals surface area (Å²) in [5.41, 5.74) is -1.55. The average molecular weight is 478 g/mol. The van der Waals surface area contributed by atoms with Crippen molar-refractivity contribution in [3.8, 4) is 0 Å². The molecule has 0 aromatic carbocycles. The number of hydrogen-bond acceptors (Lipinski definition) is 5. The molecule has 0 aromatic rings. The van der Waals surface area contributed by atoms with E-state index in [4.69, 9.17) is 0 Å². The van der Waals surface area contributed by atoms with Gasteiger partial charge in [-0.1, -0.05) is 13.7 Å². The van der Waals surface area contributed by atoms with Crippen LogP contribution < -0.4 is 0 Å². The van der Waals surface area contributed by atoms with E-state index >= 15 is 0 Å². The molecule has 2 heterocycles. The third-order valence-electron chi connectivity index (χ3n) is 12.3. The number of carbonyl (C=O) groups is 5. The maximum atomic E-state index is 14.6. The van der Waals surface area contributed by atoms with Crippen molar-refractivity contribution in [3.63, 3.8) is 0 Å². The Balaban J connectivity index is 1.22. The summed E-state index contributed by atoms with van der Waals surface area (Å²) in [4.78, 5) is 70.7. The molecule has 35 heavy (non-hydrogen) atoms. The normalized spacial score (nSPS) is 49.5. The fourth-order valence-electron chi connectivity index (χ4n) is 10.7. The molecule has 10 atom stereocenters. The lowest BCUT2D eigenvalue weighted by molar-refractivity contribution is -0.147. The SMILES string of the molecule is CBN1C(=O)C2C3C[C@H](C2C1=O)[C@@]1(CC[C@]2(C[C@H]4C[C@@H]2C2C(=O)N(C(C)(C)CC)C(=O)C24)C1=O)C3. The molecule has 7 fully saturated rings. The summed E-state index contributed by atoms with van der Waals surface area (Å²) in [5, 5.41) is 0. The Morgan fingerprint density at radius 2 is 1.26 bits per heavy atom. The van der Waals surface area contributed by atoms with Crippen LogP contribution in [0.2, 0.25) is 6.82 Å². The van der Waals surface area contributed by atoms with Crippen molar-refractivity contribution < 1.29 is 24.0 Å². The van der Waals surface area contributed by atoms with Gasteiger partial charge in [0.2, 0.25) is 31.0 Å². The molecular weight excluding hydrogens is 443 g/mol. The van der Waals surface area contributed by atoms with Crippen molar-refractivity contribution in [1.29, 1.82) is 0 Å². The lowest BCUT2D eigenvalue weighted by Gasteiger charge is -2.42. The zero-order valence-electron chi connectivity index (χ0n) is 21.2. The third-order valence-corrected chi connectivity index (χ3v) is 12.3. The summed E-state index contributed by atoms with van der Waals surface area (Å²) in [7, 11) is 0.405. The van der Waals surface area contributed by atoms with E-state index in [1.54, 1.807) is 0 Å². The topological polar surface area (TPSA) is 91.8 Å². The van der Waals surface area contributed by atoms with E-state index in [1.807, 2.05) is 27.6 Å². The van der Waals surface area contributed by atoms with Crippen molar-refractivity contribution in [3.05, 3.63) is 0 Å². The highest BCUT2D eigenvalue weighted by molar-refractivity contribution is 6.43. The van der Waals surface area contributed by atoms with Crippen LogP contribution in [0.15, 0.2) is 0 Å². The van der Waals surface area contributed by atoms with Gasteiger partial charge in [-0.25, -0.2) is 0 Å². The van der Waals surface area contributed by atoms with Gasteiger partial charge >= 0.3 is 0 Å². The van der Waals surface area contributed by atoms with Crippen LogP contribution in [-0.4, -0.2) is 52.1 Å². The van der Waals surface area contributed by atoms with Crippen LogP contribution in [0.25, 0.3) is 0 Å². The zero-order chi connectivity index (χ0) is 24.8. The first kappa shape index (κ1) is 22.2. The molecule has 4 amide bonds. The minimum absolute atomic E-state index is 0.0214. The van der Waals surface area contributed by atoms with Gasteiger partial charge in [-0.15, -0.1) is 0 Å². The molecule has 186 valence electrons. The first-order valence-electron chi connectivity index (χ1n) is 13.8. The molecule has 0 radical (unpaired) electrons. The van der Waals surface area contributed by atoms with E-state index in [2.05, 4.69) is 0 Å². The van der Waals surface area contributed by atoms with Crippen LogP contribution in [0.1, 0.15) is 65.7 Å². The molecule has 7 rings (SSSR count). The smallest absolute Gasteiger partial charge is 0.246 e. The Hall–Kier alpha value is -1.99. The molecule has 7 aliphatic rings. The van der Waals surface area contributed by atoms with E-state index in [1.165, 1.54) is 9.71 Å². The summed E-state index contributed by atoms with van der Waals surface area (Å²) in [5.74, 6) is -0.932. The maximum absolute atomic E-state index is 14.6. The van der Waals surface area contributed by atoms with E-state index in [0.717, 1.165) is 38.5 Å². The lowest BCUT2D eigenvalue weighted by Crippen LogP contribution is -2.49. The molecular formula is C27H35BN2O5. The summed E-state index contributed by atoms with van der Waals surface area (Å²) in [6, 6.07) is 0. The average Bonchev–Trinajstić information content (AvgIpc) is 3.65. The van der Waals surface area contributed by atoms with Gasteiger partial charge in [0.05, 0.1) is 23.7 Å². The van der Waals surface area contributed by atoms with Crippen molar-refractivity contribution in [2.24, 2.45) is 58.2 Å².